The third-order valence-electron chi connectivity index (χ3n) is 3.65. The zero-order valence-electron chi connectivity index (χ0n) is 12.9. The van der Waals surface area contributed by atoms with E-state index >= 15 is 0 Å². The summed E-state index contributed by atoms with van der Waals surface area (Å²) in [4.78, 5) is 27.8. The Morgan fingerprint density at radius 2 is 1.91 bits per heavy atom. The summed E-state index contributed by atoms with van der Waals surface area (Å²) in [6.07, 6.45) is 3.13. The summed E-state index contributed by atoms with van der Waals surface area (Å²) < 4.78 is 5.28. The number of carbonyl (C=O) groups is 1. The van der Waals surface area contributed by atoms with Gasteiger partial charge in [0.05, 0.1) is 0 Å². The third-order valence-corrected chi connectivity index (χ3v) is 3.65. The highest BCUT2D eigenvalue weighted by atomic mass is 16.4. The van der Waals surface area contributed by atoms with Gasteiger partial charge in [-0.15, -0.1) is 0 Å². The summed E-state index contributed by atoms with van der Waals surface area (Å²) in [5, 5.41) is 3.70. The molecule has 0 saturated heterocycles. The number of hydrogen-bond acceptors (Lipinski definition) is 4. The Morgan fingerprint density at radius 1 is 1.17 bits per heavy atom. The van der Waals surface area contributed by atoms with Crippen molar-refractivity contribution in [3.05, 3.63) is 75.4 Å². The number of aromatic nitrogens is 1. The first-order chi connectivity index (χ1) is 11.0. The molecule has 0 aliphatic rings. The highest BCUT2D eigenvalue weighted by Crippen LogP contribution is 2.23. The van der Waals surface area contributed by atoms with Gasteiger partial charge in [-0.25, -0.2) is 4.79 Å². The van der Waals surface area contributed by atoms with Gasteiger partial charge in [0.1, 0.15) is 5.58 Å². The van der Waals surface area contributed by atoms with E-state index in [1.165, 1.54) is 6.07 Å². The molecule has 1 amide bonds. The molecule has 0 atom stereocenters. The third kappa shape index (κ3) is 3.13. The minimum atomic E-state index is -0.421. The zero-order valence-corrected chi connectivity index (χ0v) is 12.9. The molecule has 2 aromatic heterocycles. The number of benzene rings is 1. The molecular weight excluding hydrogens is 292 g/mol. The normalized spacial score (nSPS) is 10.7. The molecule has 0 fully saturated rings. The van der Waals surface area contributed by atoms with Crippen LogP contribution in [0.1, 0.15) is 27.0 Å². The Morgan fingerprint density at radius 3 is 2.65 bits per heavy atom. The highest BCUT2D eigenvalue weighted by Gasteiger charge is 2.11. The van der Waals surface area contributed by atoms with Crippen LogP contribution in [0.15, 0.2) is 51.9 Å². The Labute approximate surface area is 133 Å². The van der Waals surface area contributed by atoms with Crippen LogP contribution < -0.4 is 10.9 Å². The van der Waals surface area contributed by atoms with E-state index < -0.39 is 5.63 Å². The molecule has 5 heteroatoms. The van der Waals surface area contributed by atoms with Gasteiger partial charge in [-0.3, -0.25) is 9.78 Å². The lowest BCUT2D eigenvalue weighted by Crippen LogP contribution is -2.23. The molecule has 0 radical (unpaired) electrons. The Hall–Kier alpha value is -2.95. The number of rotatable bonds is 3. The first-order valence-electron chi connectivity index (χ1n) is 7.27. The number of hydrogen-bond donors (Lipinski definition) is 1. The van der Waals surface area contributed by atoms with Crippen LogP contribution in [0.25, 0.3) is 11.0 Å². The lowest BCUT2D eigenvalue weighted by Gasteiger charge is -2.10. The van der Waals surface area contributed by atoms with Gasteiger partial charge in [-0.2, -0.15) is 0 Å². The minimum Gasteiger partial charge on any atom is -0.423 e. The Balaban J connectivity index is 1.94. The van der Waals surface area contributed by atoms with Crippen molar-refractivity contribution in [2.24, 2.45) is 0 Å². The first-order valence-corrected chi connectivity index (χ1v) is 7.27. The van der Waals surface area contributed by atoms with Gasteiger partial charge in [0.15, 0.2) is 0 Å². The zero-order chi connectivity index (χ0) is 16.4. The molecule has 3 aromatic rings. The van der Waals surface area contributed by atoms with E-state index in [0.717, 1.165) is 22.1 Å². The first kappa shape index (κ1) is 15.0. The largest absolute Gasteiger partial charge is 0.423 e. The van der Waals surface area contributed by atoms with Crippen molar-refractivity contribution in [2.75, 3.05) is 0 Å². The van der Waals surface area contributed by atoms with Crippen LogP contribution in [0.4, 0.5) is 0 Å². The van der Waals surface area contributed by atoms with Crippen LogP contribution in [-0.4, -0.2) is 10.9 Å². The van der Waals surface area contributed by atoms with Crippen LogP contribution in [-0.2, 0) is 6.54 Å². The van der Waals surface area contributed by atoms with E-state index in [0.29, 0.717) is 11.1 Å². The predicted octanol–water partition coefficient (Wildman–Crippen LogP) is 2.73. The molecule has 1 N–H and O–H groups in total. The fraction of sp³-hybridized carbons (Fsp3) is 0.167. The molecule has 3 rings (SSSR count). The van der Waals surface area contributed by atoms with Crippen LogP contribution in [0.3, 0.4) is 0 Å². The van der Waals surface area contributed by atoms with Crippen LogP contribution in [0.2, 0.25) is 0 Å². The second-order valence-electron chi connectivity index (χ2n) is 5.46. The lowest BCUT2D eigenvalue weighted by molar-refractivity contribution is 0.0951. The summed E-state index contributed by atoms with van der Waals surface area (Å²) in [6.45, 7) is 4.17. The maximum Gasteiger partial charge on any atom is 0.336 e. The van der Waals surface area contributed by atoms with Crippen molar-refractivity contribution in [1.82, 2.24) is 10.3 Å². The number of pyridine rings is 1. The summed E-state index contributed by atoms with van der Waals surface area (Å²) in [5.74, 6) is -0.210. The second kappa shape index (κ2) is 6.04. The standard InChI is InChI=1S/C18H16N2O3/c1-11-7-12(2)17-14(9-16(21)23-15(17)8-11)10-20-18(22)13-3-5-19-6-4-13/h3-9H,10H2,1-2H3,(H,20,22). The molecular formula is C18H16N2O3. The molecule has 0 spiro atoms. The maximum absolute atomic E-state index is 12.1. The number of nitrogens with zero attached hydrogens (tertiary/aromatic N) is 1. The quantitative estimate of drug-likeness (QED) is 0.755. The fourth-order valence-electron chi connectivity index (χ4n) is 2.69. The highest BCUT2D eigenvalue weighted by molar-refractivity contribution is 5.94. The van der Waals surface area contributed by atoms with Crippen molar-refractivity contribution in [3.8, 4) is 0 Å². The molecule has 0 bridgehead atoms. The van der Waals surface area contributed by atoms with Crippen molar-refractivity contribution in [2.45, 2.75) is 20.4 Å². The summed E-state index contributed by atoms with van der Waals surface area (Å²) in [6, 6.07) is 8.56. The van der Waals surface area contributed by atoms with Crippen LogP contribution >= 0.6 is 0 Å². The molecule has 116 valence electrons. The molecule has 0 unspecified atom stereocenters. The van der Waals surface area contributed by atoms with E-state index in [1.807, 2.05) is 26.0 Å². The average molecular weight is 308 g/mol. The van der Waals surface area contributed by atoms with Crippen molar-refractivity contribution in [1.29, 1.82) is 0 Å². The summed E-state index contributed by atoms with van der Waals surface area (Å²) in [7, 11) is 0. The molecule has 1 aromatic carbocycles. The average Bonchev–Trinajstić information content (AvgIpc) is 2.52. The molecule has 23 heavy (non-hydrogen) atoms. The SMILES string of the molecule is Cc1cc(C)c2c(CNC(=O)c3ccncc3)cc(=O)oc2c1. The summed E-state index contributed by atoms with van der Waals surface area (Å²) in [5.41, 5.74) is 3.43. The summed E-state index contributed by atoms with van der Waals surface area (Å²) >= 11 is 0. The Kier molecular flexibility index (Phi) is 3.93. The van der Waals surface area contributed by atoms with E-state index in [2.05, 4.69) is 10.3 Å². The van der Waals surface area contributed by atoms with Crippen LogP contribution in [0, 0.1) is 13.8 Å². The molecule has 5 nitrogen and oxygen atoms in total. The fourth-order valence-corrected chi connectivity index (χ4v) is 2.69. The number of fused-ring (bicyclic) bond motifs is 1. The van der Waals surface area contributed by atoms with Crippen LogP contribution in [0.5, 0.6) is 0 Å². The van der Waals surface area contributed by atoms with Crippen molar-refractivity contribution >= 4 is 16.9 Å². The molecule has 0 saturated carbocycles. The van der Waals surface area contributed by atoms with Crippen molar-refractivity contribution < 1.29 is 9.21 Å². The topological polar surface area (TPSA) is 72.2 Å². The lowest BCUT2D eigenvalue weighted by atomic mass is 10.0. The van der Waals surface area contributed by atoms with Crippen molar-refractivity contribution in [3.63, 3.8) is 0 Å². The van der Waals surface area contributed by atoms with Gasteiger partial charge >= 0.3 is 5.63 Å². The minimum absolute atomic E-state index is 0.210. The van der Waals surface area contributed by atoms with E-state index in [-0.39, 0.29) is 12.5 Å². The number of nitrogens with one attached hydrogen (secondary N) is 1. The monoisotopic (exact) mass is 308 g/mol. The molecule has 0 aliphatic carbocycles. The predicted molar refractivity (Wildman–Crippen MR) is 87.4 cm³/mol. The second-order valence-corrected chi connectivity index (χ2v) is 5.46. The molecule has 0 aliphatic heterocycles. The van der Waals surface area contributed by atoms with E-state index in [1.54, 1.807) is 24.5 Å². The van der Waals surface area contributed by atoms with E-state index in [9.17, 15) is 9.59 Å². The number of carbonyl (C=O) groups excluding carboxylic acids is 1. The van der Waals surface area contributed by atoms with Gasteiger partial charge in [0.25, 0.3) is 5.91 Å². The van der Waals surface area contributed by atoms with Gasteiger partial charge in [0, 0.05) is 36.0 Å². The smallest absolute Gasteiger partial charge is 0.336 e. The van der Waals surface area contributed by atoms with Gasteiger partial charge in [-0.1, -0.05) is 6.07 Å². The van der Waals surface area contributed by atoms with Gasteiger partial charge < -0.3 is 9.73 Å². The number of aryl methyl sites for hydroxylation is 2. The number of amides is 1. The maximum atomic E-state index is 12.1. The molecule has 2 heterocycles. The van der Waals surface area contributed by atoms with E-state index in [4.69, 9.17) is 4.42 Å². The Bertz CT molecular complexity index is 930. The van der Waals surface area contributed by atoms with Gasteiger partial charge in [0.2, 0.25) is 0 Å². The van der Waals surface area contributed by atoms with Gasteiger partial charge in [-0.05, 0) is 48.7 Å².